The number of benzene rings is 2. The molecule has 1 amide bonds. The first-order valence-corrected chi connectivity index (χ1v) is 10.2. The first-order valence-electron chi connectivity index (χ1n) is 9.11. The predicted molar refractivity (Wildman–Crippen MR) is 113 cm³/mol. The molecule has 5 nitrogen and oxygen atoms in total. The van der Waals surface area contributed by atoms with Gasteiger partial charge in [-0.05, 0) is 66.4 Å². The number of aliphatic hydroxyl groups is 1. The van der Waals surface area contributed by atoms with Gasteiger partial charge in [0, 0.05) is 9.61 Å². The fourth-order valence-corrected chi connectivity index (χ4v) is 3.73. The molecule has 2 aromatic rings. The predicted octanol–water partition coefficient (Wildman–Crippen LogP) is 3.64. The molecule has 0 saturated carbocycles. The van der Waals surface area contributed by atoms with Crippen molar-refractivity contribution in [1.82, 2.24) is 10.2 Å². The number of halogens is 4. The van der Waals surface area contributed by atoms with E-state index in [4.69, 9.17) is 0 Å². The first-order chi connectivity index (χ1) is 13.7. The number of hydrogen-bond acceptors (Lipinski definition) is 4. The zero-order valence-corrected chi connectivity index (χ0v) is 18.1. The Morgan fingerprint density at radius 2 is 1.93 bits per heavy atom. The van der Waals surface area contributed by atoms with Crippen LogP contribution < -0.4 is 10.6 Å². The topological polar surface area (TPSA) is 64.6 Å². The van der Waals surface area contributed by atoms with Crippen molar-refractivity contribution < 1.29 is 23.1 Å². The minimum Gasteiger partial charge on any atom is -0.385 e. The lowest BCUT2D eigenvalue weighted by Gasteiger charge is -2.50. The maximum absolute atomic E-state index is 14.5. The van der Waals surface area contributed by atoms with Crippen LogP contribution in [0.2, 0.25) is 0 Å². The maximum Gasteiger partial charge on any atom is 0.256 e. The third kappa shape index (κ3) is 4.36. The van der Waals surface area contributed by atoms with Gasteiger partial charge in [-0.1, -0.05) is 6.92 Å². The summed E-state index contributed by atoms with van der Waals surface area (Å²) in [5.74, 6) is -3.66. The lowest BCUT2D eigenvalue weighted by atomic mass is 9.86. The number of nitrogens with one attached hydrogen (secondary N) is 2. The molecular formula is C20H21F3IN3O2. The third-order valence-corrected chi connectivity index (χ3v) is 5.72. The van der Waals surface area contributed by atoms with E-state index in [0.717, 1.165) is 12.1 Å². The van der Waals surface area contributed by atoms with Gasteiger partial charge in [0.2, 0.25) is 0 Å². The average molecular weight is 519 g/mol. The van der Waals surface area contributed by atoms with Gasteiger partial charge in [0.25, 0.3) is 5.91 Å². The molecule has 2 aromatic carbocycles. The summed E-state index contributed by atoms with van der Waals surface area (Å²) in [4.78, 5) is 14.2. The van der Waals surface area contributed by atoms with Gasteiger partial charge >= 0.3 is 0 Å². The molecule has 9 heteroatoms. The molecule has 0 aromatic heterocycles. The summed E-state index contributed by atoms with van der Waals surface area (Å²) >= 11 is 1.93. The molecule has 0 bridgehead atoms. The molecule has 1 aliphatic rings. The van der Waals surface area contributed by atoms with Crippen molar-refractivity contribution in [3.05, 3.63) is 56.9 Å². The molecule has 0 unspecified atom stereocenters. The molecule has 1 heterocycles. The number of carbonyl (C=O) groups excluding carboxylic acids is 1. The maximum atomic E-state index is 14.5. The minimum atomic E-state index is -1.27. The summed E-state index contributed by atoms with van der Waals surface area (Å²) in [5, 5.41) is 16.2. The van der Waals surface area contributed by atoms with Crippen LogP contribution in [0.3, 0.4) is 0 Å². The molecule has 29 heavy (non-hydrogen) atoms. The second-order valence-electron chi connectivity index (χ2n) is 7.08. The summed E-state index contributed by atoms with van der Waals surface area (Å²) in [5.41, 5.74) is -1.75. The lowest BCUT2D eigenvalue weighted by molar-refractivity contribution is -0.1000. The molecule has 1 aliphatic heterocycles. The summed E-state index contributed by atoms with van der Waals surface area (Å²) in [6.45, 7) is 4.49. The van der Waals surface area contributed by atoms with E-state index in [9.17, 15) is 23.1 Å². The van der Waals surface area contributed by atoms with E-state index in [1.807, 2.05) is 36.4 Å². The largest absolute Gasteiger partial charge is 0.385 e. The van der Waals surface area contributed by atoms with Crippen molar-refractivity contribution >= 4 is 39.9 Å². The van der Waals surface area contributed by atoms with Gasteiger partial charge in [-0.15, -0.1) is 0 Å². The van der Waals surface area contributed by atoms with Crippen LogP contribution in [0.25, 0.3) is 0 Å². The molecule has 0 spiro atoms. The Labute approximate surface area is 180 Å². The van der Waals surface area contributed by atoms with E-state index in [1.165, 1.54) is 17.0 Å². The molecule has 1 fully saturated rings. The smallest absolute Gasteiger partial charge is 0.256 e. The molecule has 3 rings (SSSR count). The summed E-state index contributed by atoms with van der Waals surface area (Å²) < 4.78 is 43.1. The molecule has 156 valence electrons. The van der Waals surface area contributed by atoms with Crippen molar-refractivity contribution in [3.8, 4) is 0 Å². The number of likely N-dealkylation sites (N-methyl/N-ethyl adjacent to an activating group) is 1. The highest BCUT2D eigenvalue weighted by Gasteiger charge is 2.47. The molecule has 0 radical (unpaired) electrons. The number of amides is 1. The zero-order valence-electron chi connectivity index (χ0n) is 15.9. The highest BCUT2D eigenvalue weighted by molar-refractivity contribution is 14.1. The standard InChI is InChI=1S/C20H21F3IN3O2/c1-3-25-11(2)20(29)9-27(10-20)19(28)13-5-6-14(21)17(23)18(13)26-16-7-4-12(24)8-15(16)22/h4-8,11,25-26,29H,3,9-10H2,1-2H3/t11-/m1/s1. The van der Waals surface area contributed by atoms with Crippen LogP contribution in [0.1, 0.15) is 24.2 Å². The number of β-amino-alcohol motifs (C(OH)–C–C–N with tert-alkyl or cyclic N) is 1. The van der Waals surface area contributed by atoms with E-state index < -0.39 is 34.6 Å². The van der Waals surface area contributed by atoms with Crippen molar-refractivity contribution in [2.45, 2.75) is 25.5 Å². The fraction of sp³-hybridized carbons (Fsp3) is 0.350. The number of nitrogens with zero attached hydrogens (tertiary/aromatic N) is 1. The van der Waals surface area contributed by atoms with Gasteiger partial charge in [-0.2, -0.15) is 0 Å². The van der Waals surface area contributed by atoms with E-state index in [-0.39, 0.29) is 30.4 Å². The fourth-order valence-electron chi connectivity index (χ4n) is 3.28. The molecular weight excluding hydrogens is 498 g/mol. The number of carbonyl (C=O) groups is 1. The number of hydrogen-bond donors (Lipinski definition) is 3. The van der Waals surface area contributed by atoms with Crippen LogP contribution in [-0.4, -0.2) is 47.2 Å². The Morgan fingerprint density at radius 3 is 2.55 bits per heavy atom. The van der Waals surface area contributed by atoms with Gasteiger partial charge in [-0.25, -0.2) is 13.2 Å². The van der Waals surface area contributed by atoms with Gasteiger partial charge in [0.15, 0.2) is 11.6 Å². The minimum absolute atomic E-state index is 0.0519. The molecule has 1 saturated heterocycles. The van der Waals surface area contributed by atoms with Crippen LogP contribution in [0.5, 0.6) is 0 Å². The number of likely N-dealkylation sites (tertiary alicyclic amines) is 1. The Morgan fingerprint density at radius 1 is 1.24 bits per heavy atom. The summed E-state index contributed by atoms with van der Waals surface area (Å²) in [7, 11) is 0. The summed E-state index contributed by atoms with van der Waals surface area (Å²) in [6.07, 6.45) is 0. The second-order valence-corrected chi connectivity index (χ2v) is 8.32. The van der Waals surface area contributed by atoms with E-state index in [1.54, 1.807) is 6.07 Å². The summed E-state index contributed by atoms with van der Waals surface area (Å²) in [6, 6.07) is 5.99. The van der Waals surface area contributed by atoms with Crippen molar-refractivity contribution in [2.24, 2.45) is 0 Å². The van der Waals surface area contributed by atoms with Crippen LogP contribution in [-0.2, 0) is 0 Å². The normalized spacial score (nSPS) is 16.3. The van der Waals surface area contributed by atoms with Crippen LogP contribution in [0, 0.1) is 21.0 Å². The van der Waals surface area contributed by atoms with Gasteiger partial charge in [-0.3, -0.25) is 4.79 Å². The third-order valence-electron chi connectivity index (χ3n) is 5.05. The first kappa shape index (κ1) is 21.8. The Balaban J connectivity index is 1.87. The van der Waals surface area contributed by atoms with Crippen LogP contribution in [0.15, 0.2) is 30.3 Å². The number of anilines is 2. The SMILES string of the molecule is CCN[C@H](C)C1(O)CN(C(=O)c2ccc(F)c(F)c2Nc2ccc(I)cc2F)C1. The molecule has 3 N–H and O–H groups in total. The van der Waals surface area contributed by atoms with E-state index >= 15 is 0 Å². The zero-order chi connectivity index (χ0) is 21.3. The average Bonchev–Trinajstić information content (AvgIpc) is 2.64. The second kappa shape index (κ2) is 8.49. The highest BCUT2D eigenvalue weighted by atomic mass is 127. The van der Waals surface area contributed by atoms with Gasteiger partial charge in [0.1, 0.15) is 11.4 Å². The molecule has 0 aliphatic carbocycles. The monoisotopic (exact) mass is 519 g/mol. The van der Waals surface area contributed by atoms with E-state index in [2.05, 4.69) is 10.6 Å². The number of rotatable bonds is 6. The van der Waals surface area contributed by atoms with Crippen molar-refractivity contribution in [3.63, 3.8) is 0 Å². The van der Waals surface area contributed by atoms with Gasteiger partial charge in [0.05, 0.1) is 30.0 Å². The Bertz CT molecular complexity index is 935. The Hall–Kier alpha value is -1.85. The van der Waals surface area contributed by atoms with Crippen molar-refractivity contribution in [2.75, 3.05) is 25.0 Å². The van der Waals surface area contributed by atoms with Crippen molar-refractivity contribution in [1.29, 1.82) is 0 Å². The van der Waals surface area contributed by atoms with Crippen LogP contribution in [0.4, 0.5) is 24.5 Å². The highest BCUT2D eigenvalue weighted by Crippen LogP contribution is 2.32. The lowest BCUT2D eigenvalue weighted by Crippen LogP contribution is -2.70. The van der Waals surface area contributed by atoms with Gasteiger partial charge < -0.3 is 20.6 Å². The van der Waals surface area contributed by atoms with E-state index in [0.29, 0.717) is 10.1 Å². The van der Waals surface area contributed by atoms with Crippen LogP contribution >= 0.6 is 22.6 Å². The Kier molecular flexibility index (Phi) is 6.39. The molecule has 1 atom stereocenters. The quantitative estimate of drug-likeness (QED) is 0.511.